The van der Waals surface area contributed by atoms with Gasteiger partial charge in [0.05, 0.1) is 38.6 Å². The molecule has 0 aromatic rings. The van der Waals surface area contributed by atoms with Crippen molar-refractivity contribution in [2.45, 2.75) is 375 Å². The SMILES string of the molecule is CC/C=C\C/C=C\C/C=C\C/C=C\C/C=C\CCCCCCCCCCCCCCCCCC(=O)NC(COC1OC(CO)C(OC2OC(CO)C(OC3OC(CO)C(O)C(O)C3O)C(O)C2O)C(O)C1O)C(O)/C=C/CCCCCCCCCCCCCCCCCCC. The Kier molecular flexibility index (Phi) is 51.8. The third-order valence-electron chi connectivity index (χ3n) is 18.5. The molecule has 3 heterocycles. The third kappa shape index (κ3) is 38.0. The Morgan fingerprint density at radius 3 is 1.14 bits per heavy atom. The Hall–Kier alpha value is -2.77. The maximum atomic E-state index is 13.4. The molecule has 1 amide bonds. The van der Waals surface area contributed by atoms with Gasteiger partial charge in [0, 0.05) is 6.42 Å². The number of ether oxygens (including phenoxy) is 6. The summed E-state index contributed by atoms with van der Waals surface area (Å²) in [5.74, 6) is -0.275. The van der Waals surface area contributed by atoms with Gasteiger partial charge in [0.1, 0.15) is 73.2 Å². The normalized spacial score (nSPS) is 27.6. The lowest BCUT2D eigenvalue weighted by Crippen LogP contribution is -2.66. The molecule has 552 valence electrons. The molecule has 0 radical (unpaired) electrons. The van der Waals surface area contributed by atoms with E-state index in [-0.39, 0.29) is 18.9 Å². The van der Waals surface area contributed by atoms with E-state index < -0.39 is 124 Å². The smallest absolute Gasteiger partial charge is 0.220 e. The molecule has 3 rings (SSSR count). The highest BCUT2D eigenvalue weighted by atomic mass is 16.8. The van der Waals surface area contributed by atoms with Crippen molar-refractivity contribution >= 4 is 5.91 Å². The van der Waals surface area contributed by atoms with E-state index in [1.807, 2.05) is 6.08 Å². The molecule has 3 aliphatic rings. The summed E-state index contributed by atoms with van der Waals surface area (Å²) in [6.07, 6.45) is 45.9. The quantitative estimate of drug-likeness (QED) is 0.0199. The van der Waals surface area contributed by atoms with Gasteiger partial charge in [-0.15, -0.1) is 0 Å². The fourth-order valence-corrected chi connectivity index (χ4v) is 12.5. The van der Waals surface area contributed by atoms with Crippen LogP contribution >= 0.6 is 0 Å². The van der Waals surface area contributed by atoms with E-state index in [4.69, 9.17) is 28.4 Å². The van der Waals surface area contributed by atoms with Crippen molar-refractivity contribution in [1.82, 2.24) is 5.32 Å². The van der Waals surface area contributed by atoms with Crippen LogP contribution in [-0.4, -0.2) is 193 Å². The Morgan fingerprint density at radius 2 is 0.726 bits per heavy atom. The van der Waals surface area contributed by atoms with Crippen LogP contribution in [0.3, 0.4) is 0 Å². The third-order valence-corrected chi connectivity index (χ3v) is 18.5. The number of hydrogen-bond donors (Lipinski definition) is 12. The molecule has 0 aliphatic carbocycles. The van der Waals surface area contributed by atoms with Crippen LogP contribution in [-0.2, 0) is 33.2 Å². The first-order valence-corrected chi connectivity index (χ1v) is 37.7. The van der Waals surface area contributed by atoms with Crippen molar-refractivity contribution in [3.05, 3.63) is 72.9 Å². The highest BCUT2D eigenvalue weighted by molar-refractivity contribution is 5.76. The number of amides is 1. The van der Waals surface area contributed by atoms with E-state index in [0.29, 0.717) is 6.42 Å². The van der Waals surface area contributed by atoms with Crippen molar-refractivity contribution in [1.29, 1.82) is 0 Å². The number of aliphatic hydroxyl groups excluding tert-OH is 11. The Balaban J connectivity index is 1.39. The van der Waals surface area contributed by atoms with Crippen LogP contribution in [0, 0.1) is 0 Å². The standard InChI is InChI=1S/C76H135NO18/c1-3-5-7-9-11-13-15-17-19-21-23-24-25-26-27-28-29-30-31-32-33-34-36-38-40-42-44-46-48-50-52-54-64(82)77-59(60(81)53-51-49-47-45-43-41-39-37-35-22-20-18-16-14-12-10-8-6-4-2)58-90-74-70(88)67(85)72(62(56-79)92-74)95-76-71(89)68(86)73(63(57-80)93-76)94-75-69(87)66(84)65(83)61(55-78)91-75/h5,7,11,13,17,19,23-24,26-27,51,53,59-63,65-76,78-81,83-89H,3-4,6,8-10,12,14-16,18,20-22,25,28-50,52,54-58H2,1-2H3,(H,77,82)/b7-5-,13-11-,19-17-,24-23-,27-26-,53-51+. The average molecular weight is 1350 g/mol. The average Bonchev–Trinajstić information content (AvgIpc) is 0.787. The minimum absolute atomic E-state index is 0.241. The minimum atomic E-state index is -1.98. The summed E-state index contributed by atoms with van der Waals surface area (Å²) in [6, 6.07) is -0.977. The predicted molar refractivity (Wildman–Crippen MR) is 374 cm³/mol. The van der Waals surface area contributed by atoms with Crippen molar-refractivity contribution in [3.63, 3.8) is 0 Å². The predicted octanol–water partition coefficient (Wildman–Crippen LogP) is 11.3. The zero-order valence-corrected chi connectivity index (χ0v) is 58.6. The second-order valence-corrected chi connectivity index (χ2v) is 26.7. The number of nitrogens with one attached hydrogen (secondary N) is 1. The molecule has 17 unspecified atom stereocenters. The van der Waals surface area contributed by atoms with Gasteiger partial charge in [-0.05, 0) is 64.2 Å². The van der Waals surface area contributed by atoms with E-state index in [1.54, 1.807) is 6.08 Å². The first-order valence-electron chi connectivity index (χ1n) is 37.7. The zero-order valence-electron chi connectivity index (χ0n) is 58.6. The molecular weight excluding hydrogens is 1210 g/mol. The number of allylic oxidation sites excluding steroid dienone is 11. The number of unbranched alkanes of at least 4 members (excludes halogenated alkanes) is 32. The van der Waals surface area contributed by atoms with Gasteiger partial charge in [-0.3, -0.25) is 4.79 Å². The minimum Gasteiger partial charge on any atom is -0.394 e. The molecule has 3 fully saturated rings. The van der Waals surface area contributed by atoms with E-state index in [2.05, 4.69) is 79.9 Å². The van der Waals surface area contributed by atoms with Crippen LogP contribution in [0.4, 0.5) is 0 Å². The molecule has 0 bridgehead atoms. The molecule has 12 N–H and O–H groups in total. The largest absolute Gasteiger partial charge is 0.394 e. The maximum absolute atomic E-state index is 13.4. The van der Waals surface area contributed by atoms with Gasteiger partial charge in [-0.25, -0.2) is 0 Å². The van der Waals surface area contributed by atoms with E-state index in [1.165, 1.54) is 167 Å². The van der Waals surface area contributed by atoms with Crippen LogP contribution in [0.5, 0.6) is 0 Å². The summed E-state index contributed by atoms with van der Waals surface area (Å²) in [4.78, 5) is 13.4. The van der Waals surface area contributed by atoms with Crippen molar-refractivity contribution in [3.8, 4) is 0 Å². The first kappa shape index (κ1) is 86.5. The van der Waals surface area contributed by atoms with Gasteiger partial charge in [-0.1, -0.05) is 273 Å². The fourth-order valence-electron chi connectivity index (χ4n) is 12.5. The highest BCUT2D eigenvalue weighted by Crippen LogP contribution is 2.33. The molecule has 0 aromatic heterocycles. The summed E-state index contributed by atoms with van der Waals surface area (Å²) < 4.78 is 34.4. The monoisotopic (exact) mass is 1350 g/mol. The van der Waals surface area contributed by atoms with Gasteiger partial charge < -0.3 is 89.9 Å². The van der Waals surface area contributed by atoms with Gasteiger partial charge >= 0.3 is 0 Å². The van der Waals surface area contributed by atoms with Crippen LogP contribution in [0.1, 0.15) is 271 Å². The maximum Gasteiger partial charge on any atom is 0.220 e. The Bertz CT molecular complexity index is 2000. The van der Waals surface area contributed by atoms with Crippen molar-refractivity contribution in [2.75, 3.05) is 26.4 Å². The Morgan fingerprint density at radius 1 is 0.389 bits per heavy atom. The summed E-state index contributed by atoms with van der Waals surface area (Å²) in [7, 11) is 0. The lowest BCUT2D eigenvalue weighted by molar-refractivity contribution is -0.379. The highest BCUT2D eigenvalue weighted by Gasteiger charge is 2.53. The molecule has 17 atom stereocenters. The topological polar surface area (TPSA) is 307 Å². The van der Waals surface area contributed by atoms with Gasteiger partial charge in [0.2, 0.25) is 5.91 Å². The Labute approximate surface area is 572 Å². The number of rotatable bonds is 58. The summed E-state index contributed by atoms with van der Waals surface area (Å²) in [5, 5.41) is 121. The number of aliphatic hydroxyl groups is 11. The second kappa shape index (κ2) is 56.9. The summed E-state index contributed by atoms with van der Waals surface area (Å²) in [6.45, 7) is 1.64. The van der Waals surface area contributed by atoms with Crippen molar-refractivity contribution in [2.24, 2.45) is 0 Å². The van der Waals surface area contributed by atoms with Crippen LogP contribution in [0.15, 0.2) is 72.9 Å². The summed E-state index contributed by atoms with van der Waals surface area (Å²) in [5.41, 5.74) is 0. The molecule has 0 aromatic carbocycles. The van der Waals surface area contributed by atoms with E-state index >= 15 is 0 Å². The fraction of sp³-hybridized carbons (Fsp3) is 0.829. The first-order chi connectivity index (χ1) is 46.3. The molecule has 3 saturated heterocycles. The molecule has 19 heteroatoms. The lowest BCUT2D eigenvalue weighted by Gasteiger charge is -2.48. The molecule has 0 spiro atoms. The van der Waals surface area contributed by atoms with Crippen LogP contribution in [0.25, 0.3) is 0 Å². The molecule has 0 saturated carbocycles. The molecular formula is C76H135NO18. The van der Waals surface area contributed by atoms with Gasteiger partial charge in [0.15, 0.2) is 18.9 Å². The zero-order chi connectivity index (χ0) is 68.9. The van der Waals surface area contributed by atoms with Crippen LogP contribution < -0.4 is 5.32 Å². The van der Waals surface area contributed by atoms with E-state index in [9.17, 15) is 61.0 Å². The number of carbonyl (C=O) groups is 1. The second-order valence-electron chi connectivity index (χ2n) is 26.7. The van der Waals surface area contributed by atoms with Crippen LogP contribution in [0.2, 0.25) is 0 Å². The van der Waals surface area contributed by atoms with Crippen molar-refractivity contribution < 1.29 is 89.4 Å². The molecule has 19 nitrogen and oxygen atoms in total. The molecule has 95 heavy (non-hydrogen) atoms. The number of carbonyl (C=O) groups excluding carboxylic acids is 1. The number of hydrogen-bond acceptors (Lipinski definition) is 18. The van der Waals surface area contributed by atoms with E-state index in [0.717, 1.165) is 77.0 Å². The summed E-state index contributed by atoms with van der Waals surface area (Å²) >= 11 is 0. The lowest BCUT2D eigenvalue weighted by atomic mass is 9.96. The van der Waals surface area contributed by atoms with Gasteiger partial charge in [0.25, 0.3) is 0 Å². The molecule has 3 aliphatic heterocycles. The van der Waals surface area contributed by atoms with Gasteiger partial charge in [-0.2, -0.15) is 0 Å².